The van der Waals surface area contributed by atoms with Gasteiger partial charge < -0.3 is 4.90 Å². The molecule has 11 heteroatoms. The van der Waals surface area contributed by atoms with Crippen molar-refractivity contribution >= 4 is 62.5 Å². The normalized spacial score (nSPS) is 15.6. The Hall–Kier alpha value is -1.84. The standard InChI is InChI=1S/C16H11Cl3N2O5S/c17-9-1-3-11(13(19)7-9)16(22)21-6-5-14(20-26-27(23,24)25)12-4-2-10(18)8-15(12)21/h1-4,7-8H,5-6H2,(H,23,24,25)/b20-14-. The smallest absolute Gasteiger partial charge is 0.307 e. The summed E-state index contributed by atoms with van der Waals surface area (Å²) < 4.78 is 34.4. The Morgan fingerprint density at radius 1 is 1.11 bits per heavy atom. The first-order chi connectivity index (χ1) is 12.7. The molecular weight excluding hydrogens is 439 g/mol. The summed E-state index contributed by atoms with van der Waals surface area (Å²) >= 11 is 18.1. The van der Waals surface area contributed by atoms with E-state index < -0.39 is 10.4 Å². The first-order valence-corrected chi connectivity index (χ1v) is 9.95. The molecule has 0 saturated carbocycles. The lowest BCUT2D eigenvalue weighted by Crippen LogP contribution is -2.37. The minimum Gasteiger partial charge on any atom is -0.307 e. The van der Waals surface area contributed by atoms with Gasteiger partial charge in [-0.05, 0) is 36.4 Å². The zero-order valence-corrected chi connectivity index (χ0v) is 16.5. The van der Waals surface area contributed by atoms with Crippen LogP contribution in [0.25, 0.3) is 0 Å². The fraction of sp³-hybridized carbons (Fsp3) is 0.125. The number of hydrogen-bond donors (Lipinski definition) is 1. The van der Waals surface area contributed by atoms with Crippen molar-refractivity contribution in [1.82, 2.24) is 0 Å². The highest BCUT2D eigenvalue weighted by Gasteiger charge is 2.29. The fourth-order valence-electron chi connectivity index (χ4n) is 2.65. The highest BCUT2D eigenvalue weighted by Crippen LogP contribution is 2.33. The molecular formula is C16H11Cl3N2O5S. The molecule has 2 aromatic carbocycles. The molecule has 1 heterocycles. The van der Waals surface area contributed by atoms with Crippen LogP contribution in [0.15, 0.2) is 41.6 Å². The Bertz CT molecular complexity index is 1060. The highest BCUT2D eigenvalue weighted by atomic mass is 35.5. The molecule has 1 aliphatic heterocycles. The molecule has 3 rings (SSSR count). The number of halogens is 3. The Morgan fingerprint density at radius 3 is 2.44 bits per heavy atom. The lowest BCUT2D eigenvalue weighted by Gasteiger charge is -2.30. The molecule has 1 aliphatic rings. The molecule has 0 bridgehead atoms. The molecule has 1 amide bonds. The van der Waals surface area contributed by atoms with Crippen molar-refractivity contribution < 1.29 is 22.0 Å². The first kappa shape index (κ1) is 19.9. The van der Waals surface area contributed by atoms with E-state index in [1.54, 1.807) is 24.3 Å². The third-order valence-corrected chi connectivity index (χ3v) is 4.83. The largest absolute Gasteiger partial charge is 0.466 e. The number of amides is 1. The van der Waals surface area contributed by atoms with E-state index in [2.05, 4.69) is 9.44 Å². The molecule has 0 radical (unpaired) electrons. The molecule has 142 valence electrons. The summed E-state index contributed by atoms with van der Waals surface area (Å²) in [5.74, 6) is -0.380. The van der Waals surface area contributed by atoms with E-state index in [-0.39, 0.29) is 35.2 Å². The van der Waals surface area contributed by atoms with Crippen molar-refractivity contribution in [2.24, 2.45) is 5.16 Å². The van der Waals surface area contributed by atoms with E-state index in [1.807, 2.05) is 0 Å². The predicted octanol–water partition coefficient (Wildman–Crippen LogP) is 4.22. The van der Waals surface area contributed by atoms with Gasteiger partial charge in [-0.25, -0.2) is 4.28 Å². The van der Waals surface area contributed by atoms with Gasteiger partial charge in [-0.1, -0.05) is 40.0 Å². The van der Waals surface area contributed by atoms with Gasteiger partial charge in [-0.2, -0.15) is 8.42 Å². The number of oxime groups is 1. The van der Waals surface area contributed by atoms with Crippen LogP contribution in [-0.4, -0.2) is 31.1 Å². The van der Waals surface area contributed by atoms with Gasteiger partial charge in [0.1, 0.15) is 0 Å². The monoisotopic (exact) mass is 448 g/mol. The van der Waals surface area contributed by atoms with E-state index in [4.69, 9.17) is 39.4 Å². The average molecular weight is 450 g/mol. The predicted molar refractivity (Wildman–Crippen MR) is 103 cm³/mol. The molecule has 0 saturated heterocycles. The summed E-state index contributed by atoms with van der Waals surface area (Å²) in [5.41, 5.74) is 1.34. The van der Waals surface area contributed by atoms with Gasteiger partial charge in [-0.3, -0.25) is 9.35 Å². The van der Waals surface area contributed by atoms with E-state index in [0.29, 0.717) is 21.3 Å². The fourth-order valence-corrected chi connectivity index (χ4v) is 3.49. The average Bonchev–Trinajstić information content (AvgIpc) is 2.58. The van der Waals surface area contributed by atoms with Crippen LogP contribution in [0.1, 0.15) is 22.3 Å². The maximum absolute atomic E-state index is 13.0. The number of carbonyl (C=O) groups excluding carboxylic acids is 1. The molecule has 0 aromatic heterocycles. The van der Waals surface area contributed by atoms with Crippen LogP contribution in [0.4, 0.5) is 5.69 Å². The van der Waals surface area contributed by atoms with Crippen LogP contribution in [-0.2, 0) is 14.7 Å². The zero-order valence-electron chi connectivity index (χ0n) is 13.4. The van der Waals surface area contributed by atoms with Crippen molar-refractivity contribution in [2.45, 2.75) is 6.42 Å². The first-order valence-electron chi connectivity index (χ1n) is 7.45. The summed E-state index contributed by atoms with van der Waals surface area (Å²) in [5, 5.41) is 4.44. The molecule has 27 heavy (non-hydrogen) atoms. The number of hydrogen-bond acceptors (Lipinski definition) is 5. The number of benzene rings is 2. The minimum absolute atomic E-state index is 0.165. The molecule has 0 atom stereocenters. The van der Waals surface area contributed by atoms with Crippen LogP contribution < -0.4 is 4.90 Å². The Balaban J connectivity index is 2.03. The Morgan fingerprint density at radius 2 is 1.78 bits per heavy atom. The summed E-state index contributed by atoms with van der Waals surface area (Å²) in [4.78, 5) is 14.4. The van der Waals surface area contributed by atoms with Gasteiger partial charge in [0.05, 0.1) is 22.0 Å². The van der Waals surface area contributed by atoms with Gasteiger partial charge >= 0.3 is 10.4 Å². The van der Waals surface area contributed by atoms with Gasteiger partial charge in [0.2, 0.25) is 0 Å². The third kappa shape index (κ3) is 4.53. The van der Waals surface area contributed by atoms with Crippen LogP contribution in [0.5, 0.6) is 0 Å². The second kappa shape index (κ2) is 7.65. The van der Waals surface area contributed by atoms with Gasteiger partial charge in [-0.15, -0.1) is 0 Å². The second-order valence-electron chi connectivity index (χ2n) is 5.53. The maximum Gasteiger partial charge on any atom is 0.466 e. The molecule has 0 fully saturated rings. The maximum atomic E-state index is 13.0. The SMILES string of the molecule is O=C(c1ccc(Cl)cc1Cl)N1CC/C(=N/OS(=O)(=O)O)c2ccc(Cl)cc21. The van der Waals surface area contributed by atoms with Crippen LogP contribution in [0.2, 0.25) is 15.1 Å². The van der Waals surface area contributed by atoms with Gasteiger partial charge in [0, 0.05) is 28.6 Å². The van der Waals surface area contributed by atoms with Crippen LogP contribution in [0.3, 0.4) is 0 Å². The van der Waals surface area contributed by atoms with Crippen molar-refractivity contribution in [1.29, 1.82) is 0 Å². The lowest BCUT2D eigenvalue weighted by atomic mass is 9.98. The molecule has 0 spiro atoms. The van der Waals surface area contributed by atoms with Crippen molar-refractivity contribution in [3.05, 3.63) is 62.6 Å². The van der Waals surface area contributed by atoms with Crippen molar-refractivity contribution in [2.75, 3.05) is 11.4 Å². The lowest BCUT2D eigenvalue weighted by molar-refractivity contribution is 0.0987. The number of anilines is 1. The van der Waals surface area contributed by atoms with E-state index in [0.717, 1.165) is 0 Å². The second-order valence-corrected chi connectivity index (χ2v) is 7.82. The highest BCUT2D eigenvalue weighted by molar-refractivity contribution is 7.80. The van der Waals surface area contributed by atoms with Gasteiger partial charge in [0.25, 0.3) is 5.91 Å². The molecule has 0 unspecified atom stereocenters. The quantitative estimate of drug-likeness (QED) is 0.559. The molecule has 2 aromatic rings. The molecule has 7 nitrogen and oxygen atoms in total. The summed E-state index contributed by atoms with van der Waals surface area (Å²) in [6, 6.07) is 9.21. The van der Waals surface area contributed by atoms with Crippen LogP contribution in [0, 0.1) is 0 Å². The van der Waals surface area contributed by atoms with E-state index >= 15 is 0 Å². The Labute approximate surface area is 170 Å². The molecule has 1 N–H and O–H groups in total. The molecule has 0 aliphatic carbocycles. The van der Waals surface area contributed by atoms with Crippen molar-refractivity contribution in [3.8, 4) is 0 Å². The van der Waals surface area contributed by atoms with E-state index in [1.165, 1.54) is 17.0 Å². The number of rotatable bonds is 3. The number of fused-ring (bicyclic) bond motifs is 1. The summed E-state index contributed by atoms with van der Waals surface area (Å²) in [6.45, 7) is 0.165. The van der Waals surface area contributed by atoms with Gasteiger partial charge in [0.15, 0.2) is 0 Å². The Kier molecular flexibility index (Phi) is 5.64. The minimum atomic E-state index is -4.74. The van der Waals surface area contributed by atoms with Crippen molar-refractivity contribution in [3.63, 3.8) is 0 Å². The number of nitrogens with zero attached hydrogens (tertiary/aromatic N) is 2. The topological polar surface area (TPSA) is 96.3 Å². The summed E-state index contributed by atoms with van der Waals surface area (Å²) in [6.07, 6.45) is 0.182. The third-order valence-electron chi connectivity index (χ3n) is 3.78. The number of carbonyl (C=O) groups is 1. The summed E-state index contributed by atoms with van der Waals surface area (Å²) in [7, 11) is -4.74. The van der Waals surface area contributed by atoms with E-state index in [9.17, 15) is 13.2 Å². The zero-order chi connectivity index (χ0) is 19.8. The van der Waals surface area contributed by atoms with Crippen LogP contribution >= 0.6 is 34.8 Å².